The SMILES string of the molecule is COc1cccc(CNC(=O)COC(=O)CCn2cnc3sccc3c2=O)c1. The Morgan fingerprint density at radius 1 is 1.29 bits per heavy atom. The Morgan fingerprint density at radius 2 is 2.14 bits per heavy atom. The fraction of sp³-hybridized carbons (Fsp3) is 0.263. The molecule has 0 aliphatic carbocycles. The number of thiophene rings is 1. The van der Waals surface area contributed by atoms with Crippen LogP contribution in [0.3, 0.4) is 0 Å². The number of carbonyl (C=O) groups is 2. The second-order valence-corrected chi connectivity index (χ2v) is 6.82. The number of nitrogens with zero attached hydrogens (tertiary/aromatic N) is 2. The van der Waals surface area contributed by atoms with Crippen molar-refractivity contribution < 1.29 is 19.1 Å². The van der Waals surface area contributed by atoms with E-state index in [2.05, 4.69) is 10.3 Å². The number of esters is 1. The first kappa shape index (κ1) is 19.6. The van der Waals surface area contributed by atoms with Gasteiger partial charge in [0.1, 0.15) is 10.6 Å². The van der Waals surface area contributed by atoms with Crippen molar-refractivity contribution in [3.63, 3.8) is 0 Å². The largest absolute Gasteiger partial charge is 0.497 e. The van der Waals surface area contributed by atoms with Crippen molar-refractivity contribution in [3.05, 3.63) is 58.0 Å². The molecule has 8 nitrogen and oxygen atoms in total. The number of hydrogen-bond acceptors (Lipinski definition) is 7. The van der Waals surface area contributed by atoms with Gasteiger partial charge in [-0.05, 0) is 29.1 Å². The molecule has 1 aromatic carbocycles. The summed E-state index contributed by atoms with van der Waals surface area (Å²) in [6, 6.07) is 9.00. The van der Waals surface area contributed by atoms with Gasteiger partial charge in [0.15, 0.2) is 6.61 Å². The lowest BCUT2D eigenvalue weighted by Crippen LogP contribution is -2.29. The molecule has 0 aliphatic rings. The molecule has 0 saturated carbocycles. The van der Waals surface area contributed by atoms with Gasteiger partial charge >= 0.3 is 5.97 Å². The van der Waals surface area contributed by atoms with E-state index in [9.17, 15) is 14.4 Å². The van der Waals surface area contributed by atoms with E-state index in [1.54, 1.807) is 18.6 Å². The Hall–Kier alpha value is -3.20. The average molecular weight is 401 g/mol. The van der Waals surface area contributed by atoms with Crippen LogP contribution in [0.15, 0.2) is 46.8 Å². The molecule has 28 heavy (non-hydrogen) atoms. The number of nitrogens with one attached hydrogen (secondary N) is 1. The second-order valence-electron chi connectivity index (χ2n) is 5.92. The smallest absolute Gasteiger partial charge is 0.308 e. The lowest BCUT2D eigenvalue weighted by molar-refractivity contribution is -0.148. The van der Waals surface area contributed by atoms with E-state index in [4.69, 9.17) is 9.47 Å². The standard InChI is InChI=1S/C19H19N3O5S/c1-26-14-4-2-3-13(9-14)10-20-16(23)11-27-17(24)5-7-22-12-21-18-15(19(22)25)6-8-28-18/h2-4,6,8-9,12H,5,7,10-11H2,1H3,(H,20,23). The maximum Gasteiger partial charge on any atom is 0.308 e. The van der Waals surface area contributed by atoms with Crippen molar-refractivity contribution in [2.24, 2.45) is 0 Å². The summed E-state index contributed by atoms with van der Waals surface area (Å²) in [5, 5.41) is 4.99. The fourth-order valence-electron chi connectivity index (χ4n) is 2.52. The van der Waals surface area contributed by atoms with Crippen molar-refractivity contribution >= 4 is 33.4 Å². The van der Waals surface area contributed by atoms with Crippen molar-refractivity contribution in [1.29, 1.82) is 0 Å². The summed E-state index contributed by atoms with van der Waals surface area (Å²) >= 11 is 1.38. The second kappa shape index (κ2) is 9.14. The third-order valence-corrected chi connectivity index (χ3v) is 4.82. The van der Waals surface area contributed by atoms with Gasteiger partial charge in [0.2, 0.25) is 0 Å². The number of aromatic nitrogens is 2. The van der Waals surface area contributed by atoms with Gasteiger partial charge in [0.25, 0.3) is 11.5 Å². The van der Waals surface area contributed by atoms with Crippen LogP contribution in [0, 0.1) is 0 Å². The van der Waals surface area contributed by atoms with Crippen molar-refractivity contribution in [3.8, 4) is 5.75 Å². The summed E-state index contributed by atoms with van der Waals surface area (Å²) in [5.41, 5.74) is 0.671. The summed E-state index contributed by atoms with van der Waals surface area (Å²) in [7, 11) is 1.57. The molecule has 0 fully saturated rings. The molecule has 2 heterocycles. The van der Waals surface area contributed by atoms with Crippen LogP contribution in [-0.2, 0) is 27.4 Å². The Balaban J connectivity index is 1.42. The molecule has 3 aromatic rings. The molecule has 0 radical (unpaired) electrons. The average Bonchev–Trinajstić information content (AvgIpc) is 3.20. The minimum Gasteiger partial charge on any atom is -0.497 e. The Labute approximate surface area is 164 Å². The number of methoxy groups -OCH3 is 1. The van der Waals surface area contributed by atoms with Gasteiger partial charge in [0.05, 0.1) is 25.2 Å². The highest BCUT2D eigenvalue weighted by Gasteiger charge is 2.10. The molecular formula is C19H19N3O5S. The Bertz CT molecular complexity index is 1040. The van der Waals surface area contributed by atoms with Gasteiger partial charge in [-0.3, -0.25) is 19.0 Å². The first-order valence-electron chi connectivity index (χ1n) is 8.54. The zero-order valence-electron chi connectivity index (χ0n) is 15.2. The highest BCUT2D eigenvalue weighted by atomic mass is 32.1. The van der Waals surface area contributed by atoms with E-state index in [1.165, 1.54) is 22.2 Å². The summed E-state index contributed by atoms with van der Waals surface area (Å²) in [6.45, 7) is 0.0662. The zero-order valence-corrected chi connectivity index (χ0v) is 16.0. The third-order valence-electron chi connectivity index (χ3n) is 4.00. The highest BCUT2D eigenvalue weighted by molar-refractivity contribution is 7.16. The molecular weight excluding hydrogens is 382 g/mol. The number of ether oxygens (including phenoxy) is 2. The van der Waals surface area contributed by atoms with E-state index < -0.39 is 11.9 Å². The topological polar surface area (TPSA) is 99.5 Å². The summed E-state index contributed by atoms with van der Waals surface area (Å²) in [6.07, 6.45) is 1.38. The van der Waals surface area contributed by atoms with Crippen molar-refractivity contribution in [2.75, 3.05) is 13.7 Å². The van der Waals surface area contributed by atoms with Gasteiger partial charge in [-0.2, -0.15) is 0 Å². The summed E-state index contributed by atoms with van der Waals surface area (Å²) in [4.78, 5) is 40.8. The maximum absolute atomic E-state index is 12.2. The number of amides is 1. The maximum atomic E-state index is 12.2. The third kappa shape index (κ3) is 4.95. The van der Waals surface area contributed by atoms with Gasteiger partial charge in [-0.15, -0.1) is 11.3 Å². The molecule has 0 saturated heterocycles. The normalized spacial score (nSPS) is 10.6. The zero-order chi connectivity index (χ0) is 19.9. The molecule has 0 bridgehead atoms. The number of carbonyl (C=O) groups excluding carboxylic acids is 2. The molecule has 2 aromatic heterocycles. The van der Waals surface area contributed by atoms with Gasteiger partial charge in [-0.25, -0.2) is 4.98 Å². The van der Waals surface area contributed by atoms with E-state index in [1.807, 2.05) is 24.3 Å². The molecule has 9 heteroatoms. The molecule has 0 spiro atoms. The number of rotatable bonds is 8. The highest BCUT2D eigenvalue weighted by Crippen LogP contribution is 2.13. The molecule has 3 rings (SSSR count). The molecule has 0 atom stereocenters. The van der Waals surface area contributed by atoms with Crippen molar-refractivity contribution in [2.45, 2.75) is 19.5 Å². The van der Waals surface area contributed by atoms with Crippen LogP contribution in [0.25, 0.3) is 10.2 Å². The molecule has 1 N–H and O–H groups in total. The number of benzene rings is 1. The van der Waals surface area contributed by atoms with Crippen molar-refractivity contribution in [1.82, 2.24) is 14.9 Å². The van der Waals surface area contributed by atoms with Gasteiger partial charge in [-0.1, -0.05) is 12.1 Å². The van der Waals surface area contributed by atoms with Crippen LogP contribution in [0.4, 0.5) is 0 Å². The van der Waals surface area contributed by atoms with Crippen LogP contribution in [-0.4, -0.2) is 35.1 Å². The molecule has 0 aliphatic heterocycles. The van der Waals surface area contributed by atoms with Crippen LogP contribution in [0.5, 0.6) is 5.75 Å². The minimum absolute atomic E-state index is 0.0274. The monoisotopic (exact) mass is 401 g/mol. The number of fused-ring (bicyclic) bond motifs is 1. The van der Waals surface area contributed by atoms with Gasteiger partial charge in [0, 0.05) is 13.1 Å². The Morgan fingerprint density at radius 3 is 2.96 bits per heavy atom. The lowest BCUT2D eigenvalue weighted by Gasteiger charge is -2.08. The van der Waals surface area contributed by atoms with Crippen LogP contribution >= 0.6 is 11.3 Å². The van der Waals surface area contributed by atoms with E-state index in [0.717, 1.165) is 5.56 Å². The molecule has 0 unspecified atom stereocenters. The molecule has 1 amide bonds. The Kier molecular flexibility index (Phi) is 6.38. The van der Waals surface area contributed by atoms with E-state index in [0.29, 0.717) is 22.5 Å². The van der Waals surface area contributed by atoms with E-state index in [-0.39, 0.29) is 25.1 Å². The van der Waals surface area contributed by atoms with E-state index >= 15 is 0 Å². The summed E-state index contributed by atoms with van der Waals surface area (Å²) in [5.74, 6) is -0.271. The fourth-order valence-corrected chi connectivity index (χ4v) is 3.24. The predicted octanol–water partition coefficient (Wildman–Crippen LogP) is 1.72. The molecule has 146 valence electrons. The quantitative estimate of drug-likeness (QED) is 0.577. The van der Waals surface area contributed by atoms with Crippen LogP contribution in [0.2, 0.25) is 0 Å². The van der Waals surface area contributed by atoms with Crippen LogP contribution in [0.1, 0.15) is 12.0 Å². The first-order valence-corrected chi connectivity index (χ1v) is 9.42. The first-order chi connectivity index (χ1) is 13.6. The number of aryl methyl sites for hydroxylation is 1. The predicted molar refractivity (Wildman–Crippen MR) is 104 cm³/mol. The van der Waals surface area contributed by atoms with Gasteiger partial charge < -0.3 is 14.8 Å². The summed E-state index contributed by atoms with van der Waals surface area (Å²) < 4.78 is 11.4. The lowest BCUT2D eigenvalue weighted by atomic mass is 10.2. The minimum atomic E-state index is -0.561. The number of hydrogen-bond donors (Lipinski definition) is 1. The van der Waals surface area contributed by atoms with Crippen LogP contribution < -0.4 is 15.6 Å².